The van der Waals surface area contributed by atoms with Crippen LogP contribution in [0, 0.1) is 0 Å². The molecule has 0 amide bonds. The quantitative estimate of drug-likeness (QED) is 0.174. The molecule has 0 spiro atoms. The molecule has 15 rings (SSSR count). The third-order valence-electron chi connectivity index (χ3n) is 14.0. The van der Waals surface area contributed by atoms with Gasteiger partial charge in [0.1, 0.15) is 5.58 Å². The highest BCUT2D eigenvalue weighted by Gasteiger charge is 2.24. The van der Waals surface area contributed by atoms with Gasteiger partial charge in [-0.2, -0.15) is 0 Å². The van der Waals surface area contributed by atoms with Crippen LogP contribution in [-0.4, -0.2) is 18.3 Å². The monoisotopic (exact) mass is 828 g/mol. The van der Waals surface area contributed by atoms with E-state index in [0.717, 1.165) is 77.8 Å². The third-order valence-corrected chi connectivity index (χ3v) is 14.0. The lowest BCUT2D eigenvalue weighted by Crippen LogP contribution is -1.99. The van der Waals surface area contributed by atoms with Gasteiger partial charge in [-0.15, -0.1) is 0 Å². The van der Waals surface area contributed by atoms with Crippen LogP contribution in [0.2, 0.25) is 0 Å². The second kappa shape index (κ2) is 12.9. The topological polar surface area (TPSA) is 32.9 Å². The smallest absolute Gasteiger partial charge is 0.161 e. The van der Waals surface area contributed by atoms with Gasteiger partial charge < -0.3 is 22.7 Å². The predicted molar refractivity (Wildman–Crippen MR) is 271 cm³/mol. The fourth-order valence-corrected chi connectivity index (χ4v) is 11.3. The van der Waals surface area contributed by atoms with Gasteiger partial charge in [0.05, 0.1) is 60.9 Å². The van der Waals surface area contributed by atoms with Crippen LogP contribution in [0.3, 0.4) is 0 Å². The summed E-state index contributed by atoms with van der Waals surface area (Å²) < 4.78 is 16.9. The molecule has 0 saturated carbocycles. The summed E-state index contributed by atoms with van der Waals surface area (Å²) in [6.07, 6.45) is 0. The Morgan fingerprint density at radius 1 is 0.246 bits per heavy atom. The Morgan fingerprint density at radius 2 is 0.585 bits per heavy atom. The lowest BCUT2D eigenvalue weighted by atomic mass is 10.1. The minimum Gasteiger partial charge on any atom is -0.454 e. The van der Waals surface area contributed by atoms with Gasteiger partial charge >= 0.3 is 0 Å². The molecule has 5 heteroatoms. The van der Waals surface area contributed by atoms with Crippen molar-refractivity contribution in [1.82, 2.24) is 18.3 Å². The standard InChI is InChI=1S/C60H36N4O/c1-8-22-48-39(15-1)40-16-2-9-23-49(40)61(48)37-30-32-55-47(35-37)45-21-7-10-24-50(45)62(55)38-29-31-46-58(36-38)65-60-57(64-53-27-13-5-19-43(53)44-20-6-14-28-54(44)64)34-33-56(59(46)60)63-51-25-11-3-17-41(51)42-18-4-12-26-52(42)63/h1-36H. The lowest BCUT2D eigenvalue weighted by Gasteiger charge is -2.14. The first-order chi connectivity index (χ1) is 32.3. The first-order valence-corrected chi connectivity index (χ1v) is 22.3. The van der Waals surface area contributed by atoms with E-state index in [1.807, 2.05) is 0 Å². The molecule has 0 unspecified atom stereocenters. The van der Waals surface area contributed by atoms with E-state index in [1.165, 1.54) is 54.1 Å². The van der Waals surface area contributed by atoms with Crippen LogP contribution in [0.4, 0.5) is 0 Å². The summed E-state index contributed by atoms with van der Waals surface area (Å²) >= 11 is 0. The number of aromatic nitrogens is 4. The van der Waals surface area contributed by atoms with Crippen LogP contribution >= 0.6 is 0 Å². The Bertz CT molecular complexity index is 4330. The molecular weight excluding hydrogens is 793 g/mol. The van der Waals surface area contributed by atoms with E-state index in [-0.39, 0.29) is 0 Å². The van der Waals surface area contributed by atoms with Crippen molar-refractivity contribution in [2.75, 3.05) is 0 Å². The molecule has 5 heterocycles. The molecule has 0 fully saturated rings. The molecule has 0 aliphatic rings. The van der Waals surface area contributed by atoms with Crippen molar-refractivity contribution in [1.29, 1.82) is 0 Å². The molecule has 10 aromatic carbocycles. The number of hydrogen-bond donors (Lipinski definition) is 0. The molecule has 65 heavy (non-hydrogen) atoms. The molecule has 0 saturated heterocycles. The maximum Gasteiger partial charge on any atom is 0.161 e. The van der Waals surface area contributed by atoms with Gasteiger partial charge in [-0.05, 0) is 84.9 Å². The number of furan rings is 1. The second-order valence-electron chi connectivity index (χ2n) is 17.3. The zero-order chi connectivity index (χ0) is 42.3. The zero-order valence-corrected chi connectivity index (χ0v) is 35.0. The molecule has 0 aliphatic heterocycles. The summed E-state index contributed by atoms with van der Waals surface area (Å²) in [5, 5.41) is 12.0. The Kier molecular flexibility index (Phi) is 6.89. The minimum absolute atomic E-state index is 0.834. The molecule has 0 bridgehead atoms. The molecular formula is C60H36N4O. The molecule has 5 nitrogen and oxygen atoms in total. The number of benzene rings is 10. The lowest BCUT2D eigenvalue weighted by molar-refractivity contribution is 0.666. The normalized spacial score (nSPS) is 12.3. The fraction of sp³-hybridized carbons (Fsp3) is 0. The number of rotatable bonds is 4. The molecule has 15 aromatic rings. The Labute approximate surface area is 371 Å². The van der Waals surface area contributed by atoms with Crippen molar-refractivity contribution in [3.63, 3.8) is 0 Å². The largest absolute Gasteiger partial charge is 0.454 e. The number of hydrogen-bond acceptors (Lipinski definition) is 1. The molecule has 0 atom stereocenters. The number of fused-ring (bicyclic) bond motifs is 15. The van der Waals surface area contributed by atoms with Crippen LogP contribution < -0.4 is 0 Å². The molecule has 0 radical (unpaired) electrons. The molecule has 0 N–H and O–H groups in total. The van der Waals surface area contributed by atoms with Crippen molar-refractivity contribution in [3.8, 4) is 22.7 Å². The van der Waals surface area contributed by atoms with Gasteiger partial charge in [0.15, 0.2) is 5.58 Å². The highest BCUT2D eigenvalue weighted by atomic mass is 16.3. The van der Waals surface area contributed by atoms with Crippen LogP contribution in [-0.2, 0) is 0 Å². The van der Waals surface area contributed by atoms with E-state index < -0.39 is 0 Å². The molecule has 5 aromatic heterocycles. The zero-order valence-electron chi connectivity index (χ0n) is 35.0. The first kappa shape index (κ1) is 34.7. The van der Waals surface area contributed by atoms with Gasteiger partial charge in [-0.3, -0.25) is 0 Å². The highest BCUT2D eigenvalue weighted by Crippen LogP contribution is 2.44. The summed E-state index contributed by atoms with van der Waals surface area (Å²) in [5.74, 6) is 0. The van der Waals surface area contributed by atoms with Crippen LogP contribution in [0.25, 0.3) is 132 Å². The summed E-state index contributed by atoms with van der Waals surface area (Å²) in [4.78, 5) is 0. The maximum atomic E-state index is 7.33. The van der Waals surface area contributed by atoms with Gasteiger partial charge in [0.2, 0.25) is 0 Å². The number of nitrogens with zero attached hydrogens (tertiary/aromatic N) is 4. The average Bonchev–Trinajstić information content (AvgIpc) is 4.17. The summed E-state index contributed by atoms with van der Waals surface area (Å²) in [7, 11) is 0. The summed E-state index contributed by atoms with van der Waals surface area (Å²) in [6.45, 7) is 0. The highest BCUT2D eigenvalue weighted by molar-refractivity contribution is 6.18. The fourth-order valence-electron chi connectivity index (χ4n) is 11.3. The Balaban J connectivity index is 1.01. The first-order valence-electron chi connectivity index (χ1n) is 22.3. The van der Waals surface area contributed by atoms with Gasteiger partial charge in [-0.1, -0.05) is 127 Å². The van der Waals surface area contributed by atoms with Crippen molar-refractivity contribution in [2.45, 2.75) is 0 Å². The summed E-state index contributed by atoms with van der Waals surface area (Å²) in [6, 6.07) is 79.3. The predicted octanol–water partition coefficient (Wildman–Crippen LogP) is 16.0. The van der Waals surface area contributed by atoms with Crippen molar-refractivity contribution >= 4 is 109 Å². The van der Waals surface area contributed by atoms with E-state index >= 15 is 0 Å². The van der Waals surface area contributed by atoms with Crippen LogP contribution in [0.5, 0.6) is 0 Å². The molecule has 0 aliphatic carbocycles. The maximum absolute atomic E-state index is 7.33. The summed E-state index contributed by atoms with van der Waals surface area (Å²) in [5.41, 5.74) is 15.3. The van der Waals surface area contributed by atoms with Crippen molar-refractivity contribution in [3.05, 3.63) is 218 Å². The van der Waals surface area contributed by atoms with E-state index in [0.29, 0.717) is 0 Å². The Morgan fingerprint density at radius 3 is 1.05 bits per heavy atom. The Hall–Kier alpha value is -8.80. The van der Waals surface area contributed by atoms with E-state index in [4.69, 9.17) is 4.42 Å². The van der Waals surface area contributed by atoms with E-state index in [1.54, 1.807) is 0 Å². The van der Waals surface area contributed by atoms with Gasteiger partial charge in [0, 0.05) is 65.9 Å². The van der Waals surface area contributed by atoms with Crippen molar-refractivity contribution < 1.29 is 4.42 Å². The van der Waals surface area contributed by atoms with Crippen LogP contribution in [0.15, 0.2) is 223 Å². The minimum atomic E-state index is 0.834. The van der Waals surface area contributed by atoms with Crippen LogP contribution in [0.1, 0.15) is 0 Å². The molecule has 302 valence electrons. The number of para-hydroxylation sites is 7. The van der Waals surface area contributed by atoms with E-state index in [2.05, 4.69) is 237 Å². The van der Waals surface area contributed by atoms with E-state index in [9.17, 15) is 0 Å². The van der Waals surface area contributed by atoms with Gasteiger partial charge in [-0.25, -0.2) is 0 Å². The van der Waals surface area contributed by atoms with Crippen molar-refractivity contribution in [2.24, 2.45) is 0 Å². The second-order valence-corrected chi connectivity index (χ2v) is 17.3. The average molecular weight is 829 g/mol. The third kappa shape index (κ3) is 4.65. The SMILES string of the molecule is c1ccc2c(c1)c1ccccc1n2-c1ccc2c(c1)c1ccccc1n2-c1ccc2c(c1)oc1c(-n3c4ccccc4c4ccccc43)ccc(-n3c4ccccc4c4ccccc43)c12. The van der Waals surface area contributed by atoms with Gasteiger partial charge in [0.25, 0.3) is 0 Å².